The Morgan fingerprint density at radius 1 is 0.960 bits per heavy atom. The van der Waals surface area contributed by atoms with Crippen LogP contribution in [-0.4, -0.2) is 8.07 Å². The topological polar surface area (TPSA) is 13.1 Å². The summed E-state index contributed by atoms with van der Waals surface area (Å²) in [6.45, 7) is 7.09. The molecule has 0 fully saturated rings. The smallest absolute Gasteiger partial charge is 0.129 e. The van der Waals surface area contributed by atoms with Crippen molar-refractivity contribution in [3.8, 4) is 11.1 Å². The molecule has 1 heterocycles. The van der Waals surface area contributed by atoms with Gasteiger partial charge in [0.15, 0.2) is 0 Å². The predicted molar refractivity (Wildman–Crippen MR) is 110 cm³/mol. The van der Waals surface area contributed by atoms with Crippen LogP contribution in [0.1, 0.15) is 16.9 Å². The second-order valence-corrected chi connectivity index (χ2v) is 13.1. The number of allylic oxidation sites excluding steroid dienone is 1. The maximum Gasteiger partial charge on any atom is 0.129 e. The first-order chi connectivity index (χ1) is 11.9. The van der Waals surface area contributed by atoms with Gasteiger partial charge in [0.05, 0.1) is 14.3 Å². The number of hydrogen-bond donors (Lipinski definition) is 0. The minimum absolute atomic E-state index is 0.767. The SMILES string of the molecule is C[Si](C)(C)c1ccoc1C1=Cc2c(cccc2-c2ccc(Cl)cc2)C1. The Hall–Kier alpha value is -2.03. The van der Waals surface area contributed by atoms with E-state index in [9.17, 15) is 0 Å². The molecule has 126 valence electrons. The molecule has 0 amide bonds. The number of fused-ring (bicyclic) bond motifs is 1. The molecule has 0 radical (unpaired) electrons. The Bertz CT molecular complexity index is 958. The van der Waals surface area contributed by atoms with Gasteiger partial charge in [-0.05, 0) is 57.3 Å². The second-order valence-electron chi connectivity index (χ2n) is 7.65. The predicted octanol–water partition coefficient (Wildman–Crippen LogP) is 6.24. The molecule has 0 aliphatic heterocycles. The molecule has 3 heteroatoms. The van der Waals surface area contributed by atoms with Gasteiger partial charge in [0.25, 0.3) is 0 Å². The maximum absolute atomic E-state index is 6.05. The molecule has 0 spiro atoms. The lowest BCUT2D eigenvalue weighted by Gasteiger charge is -2.16. The zero-order chi connectivity index (χ0) is 17.6. The van der Waals surface area contributed by atoms with E-state index in [0.29, 0.717) is 0 Å². The van der Waals surface area contributed by atoms with Crippen LogP contribution < -0.4 is 5.19 Å². The lowest BCUT2D eigenvalue weighted by atomic mass is 9.97. The number of benzene rings is 2. The summed E-state index contributed by atoms with van der Waals surface area (Å²) in [5, 5.41) is 2.17. The van der Waals surface area contributed by atoms with Crippen molar-refractivity contribution < 1.29 is 4.42 Å². The van der Waals surface area contributed by atoms with E-state index in [1.807, 2.05) is 18.4 Å². The maximum atomic E-state index is 6.05. The van der Waals surface area contributed by atoms with Crippen molar-refractivity contribution in [2.24, 2.45) is 0 Å². The van der Waals surface area contributed by atoms with Crippen molar-refractivity contribution >= 4 is 36.5 Å². The van der Waals surface area contributed by atoms with Gasteiger partial charge in [0, 0.05) is 11.4 Å². The van der Waals surface area contributed by atoms with E-state index in [2.05, 4.69) is 62.1 Å². The first-order valence-electron chi connectivity index (χ1n) is 8.60. The average molecular weight is 365 g/mol. The summed E-state index contributed by atoms with van der Waals surface area (Å²) < 4.78 is 5.92. The molecular weight excluding hydrogens is 344 g/mol. The number of furan rings is 1. The molecule has 0 saturated carbocycles. The third-order valence-electron chi connectivity index (χ3n) is 4.82. The minimum Gasteiger partial charge on any atom is -0.465 e. The highest BCUT2D eigenvalue weighted by molar-refractivity contribution is 6.89. The first-order valence-corrected chi connectivity index (χ1v) is 12.5. The fourth-order valence-corrected chi connectivity index (χ4v) is 5.14. The van der Waals surface area contributed by atoms with Crippen LogP contribution in [0, 0.1) is 0 Å². The van der Waals surface area contributed by atoms with Gasteiger partial charge in [0.1, 0.15) is 5.76 Å². The molecule has 0 bridgehead atoms. The molecule has 3 aromatic rings. The van der Waals surface area contributed by atoms with Crippen molar-refractivity contribution in [3.05, 3.63) is 76.7 Å². The Balaban J connectivity index is 1.80. The van der Waals surface area contributed by atoms with Crippen LogP contribution in [-0.2, 0) is 6.42 Å². The Morgan fingerprint density at radius 3 is 2.44 bits per heavy atom. The summed E-state index contributed by atoms with van der Waals surface area (Å²) in [6, 6.07) is 16.8. The molecule has 0 N–H and O–H groups in total. The molecule has 1 aliphatic carbocycles. The van der Waals surface area contributed by atoms with Gasteiger partial charge in [-0.3, -0.25) is 0 Å². The summed E-state index contributed by atoms with van der Waals surface area (Å²) >= 11 is 6.05. The number of rotatable bonds is 3. The van der Waals surface area contributed by atoms with Crippen LogP contribution >= 0.6 is 11.6 Å². The summed E-state index contributed by atoms with van der Waals surface area (Å²) in [6.07, 6.45) is 5.08. The molecule has 0 saturated heterocycles. The van der Waals surface area contributed by atoms with Gasteiger partial charge in [0.2, 0.25) is 0 Å². The highest BCUT2D eigenvalue weighted by atomic mass is 35.5. The van der Waals surface area contributed by atoms with Crippen molar-refractivity contribution in [2.75, 3.05) is 0 Å². The second kappa shape index (κ2) is 6.05. The van der Waals surface area contributed by atoms with E-state index in [1.54, 1.807) is 0 Å². The van der Waals surface area contributed by atoms with E-state index < -0.39 is 8.07 Å². The fraction of sp³-hybridized carbons (Fsp3) is 0.182. The summed E-state index contributed by atoms with van der Waals surface area (Å²) in [4.78, 5) is 0. The van der Waals surface area contributed by atoms with Gasteiger partial charge >= 0.3 is 0 Å². The molecule has 2 aromatic carbocycles. The lowest BCUT2D eigenvalue weighted by Crippen LogP contribution is -2.38. The quantitative estimate of drug-likeness (QED) is 0.501. The van der Waals surface area contributed by atoms with Crippen LogP contribution in [0.3, 0.4) is 0 Å². The fourth-order valence-electron chi connectivity index (χ4n) is 3.54. The monoisotopic (exact) mass is 364 g/mol. The van der Waals surface area contributed by atoms with Crippen LogP contribution in [0.5, 0.6) is 0 Å². The van der Waals surface area contributed by atoms with Crippen LogP contribution in [0.2, 0.25) is 24.7 Å². The Morgan fingerprint density at radius 2 is 1.72 bits per heavy atom. The molecule has 25 heavy (non-hydrogen) atoms. The summed E-state index contributed by atoms with van der Waals surface area (Å²) in [5.41, 5.74) is 6.41. The van der Waals surface area contributed by atoms with Crippen LogP contribution in [0.25, 0.3) is 22.8 Å². The van der Waals surface area contributed by atoms with Crippen LogP contribution in [0.15, 0.2) is 59.2 Å². The molecule has 0 unspecified atom stereocenters. The standard InChI is InChI=1S/C22H21ClOSi/c1-25(2,3)21-11-12-24-22(21)17-13-16-5-4-6-19(20(16)14-17)15-7-9-18(23)10-8-15/h4-12,14H,13H2,1-3H3. The third-order valence-corrected chi connectivity index (χ3v) is 7.08. The lowest BCUT2D eigenvalue weighted by molar-refractivity contribution is 0.554. The van der Waals surface area contributed by atoms with E-state index in [4.69, 9.17) is 16.0 Å². The number of hydrogen-bond acceptors (Lipinski definition) is 1. The highest BCUT2D eigenvalue weighted by Gasteiger charge is 2.27. The van der Waals surface area contributed by atoms with E-state index in [0.717, 1.165) is 17.2 Å². The molecule has 1 nitrogen and oxygen atoms in total. The first kappa shape index (κ1) is 16.4. The zero-order valence-corrected chi connectivity index (χ0v) is 16.5. The van der Waals surface area contributed by atoms with Crippen molar-refractivity contribution in [1.82, 2.24) is 0 Å². The molecule has 1 aromatic heterocycles. The van der Waals surface area contributed by atoms with Crippen molar-refractivity contribution in [1.29, 1.82) is 0 Å². The Labute approximate surface area is 155 Å². The molecule has 0 atom stereocenters. The Kier molecular flexibility index (Phi) is 3.97. The summed E-state index contributed by atoms with van der Waals surface area (Å²) in [5.74, 6) is 1.08. The number of halogens is 1. The van der Waals surface area contributed by atoms with Gasteiger partial charge in [-0.1, -0.05) is 61.6 Å². The average Bonchev–Trinajstić information content (AvgIpc) is 3.21. The largest absolute Gasteiger partial charge is 0.465 e. The normalized spacial score (nSPS) is 13.7. The van der Waals surface area contributed by atoms with Gasteiger partial charge < -0.3 is 4.42 Å². The van der Waals surface area contributed by atoms with E-state index >= 15 is 0 Å². The van der Waals surface area contributed by atoms with E-state index in [-0.39, 0.29) is 0 Å². The summed E-state index contributed by atoms with van der Waals surface area (Å²) in [7, 11) is -1.43. The van der Waals surface area contributed by atoms with Gasteiger partial charge in [-0.25, -0.2) is 0 Å². The van der Waals surface area contributed by atoms with Crippen molar-refractivity contribution in [2.45, 2.75) is 26.1 Å². The third kappa shape index (κ3) is 3.01. The minimum atomic E-state index is -1.43. The van der Waals surface area contributed by atoms with Crippen LogP contribution in [0.4, 0.5) is 0 Å². The van der Waals surface area contributed by atoms with Crippen molar-refractivity contribution in [3.63, 3.8) is 0 Å². The van der Waals surface area contributed by atoms with Gasteiger partial charge in [-0.15, -0.1) is 0 Å². The van der Waals surface area contributed by atoms with E-state index in [1.165, 1.54) is 33.0 Å². The molecular formula is C22H21ClOSi. The highest BCUT2D eigenvalue weighted by Crippen LogP contribution is 2.38. The van der Waals surface area contributed by atoms with Gasteiger partial charge in [-0.2, -0.15) is 0 Å². The molecule has 1 aliphatic rings. The zero-order valence-electron chi connectivity index (χ0n) is 14.8. The molecule has 4 rings (SSSR count).